The van der Waals surface area contributed by atoms with Crippen LogP contribution in [0.3, 0.4) is 0 Å². The van der Waals surface area contributed by atoms with E-state index in [1.165, 1.54) is 0 Å². The lowest BCUT2D eigenvalue weighted by Gasteiger charge is -2.41. The summed E-state index contributed by atoms with van der Waals surface area (Å²) in [7, 11) is 0. The monoisotopic (exact) mass is 232 g/mol. The fraction of sp³-hybridized carbons (Fsp3) is 1.00. The number of aliphatic hydroxyl groups excluding tert-OH is 2. The number of aliphatic hydroxyl groups is 2. The van der Waals surface area contributed by atoms with Crippen molar-refractivity contribution in [3.8, 4) is 0 Å². The maximum absolute atomic E-state index is 9.41. The van der Waals surface area contributed by atoms with Crippen molar-refractivity contribution in [2.45, 2.75) is 36.6 Å². The molecule has 3 rings (SSSR count). The maximum atomic E-state index is 9.41. The van der Waals surface area contributed by atoms with Gasteiger partial charge in [-0.3, -0.25) is 0 Å². The predicted octanol–water partition coefficient (Wildman–Crippen LogP) is -1.01. The van der Waals surface area contributed by atoms with Crippen molar-refractivity contribution in [2.24, 2.45) is 0 Å². The zero-order valence-corrected chi connectivity index (χ0v) is 8.92. The Kier molecular flexibility index (Phi) is 2.47. The van der Waals surface area contributed by atoms with Gasteiger partial charge in [-0.2, -0.15) is 0 Å². The molecule has 3 saturated heterocycles. The third-order valence-electron chi connectivity index (χ3n) is 3.28. The van der Waals surface area contributed by atoms with E-state index >= 15 is 0 Å². The molecule has 0 aromatic carbocycles. The molecule has 3 aliphatic rings. The summed E-state index contributed by atoms with van der Waals surface area (Å²) in [6.45, 7) is 1.02. The van der Waals surface area contributed by atoms with E-state index in [9.17, 15) is 10.2 Å². The van der Waals surface area contributed by atoms with Gasteiger partial charge in [-0.05, 0) is 0 Å². The minimum Gasteiger partial charge on any atom is -0.391 e. The first-order valence-corrected chi connectivity index (χ1v) is 5.53. The molecule has 0 aliphatic carbocycles. The smallest absolute Gasteiger partial charge is 0.194 e. The summed E-state index contributed by atoms with van der Waals surface area (Å²) in [5, 5.41) is 18.8. The van der Waals surface area contributed by atoms with Crippen LogP contribution in [0.4, 0.5) is 0 Å². The van der Waals surface area contributed by atoms with Gasteiger partial charge in [-0.15, -0.1) is 0 Å². The minimum atomic E-state index is -0.818. The van der Waals surface area contributed by atoms with Crippen LogP contribution in [-0.4, -0.2) is 60.4 Å². The summed E-state index contributed by atoms with van der Waals surface area (Å²) in [6, 6.07) is 0. The average molecular weight is 232 g/mol. The highest BCUT2D eigenvalue weighted by Gasteiger charge is 2.52. The van der Waals surface area contributed by atoms with Crippen molar-refractivity contribution in [1.29, 1.82) is 0 Å². The van der Waals surface area contributed by atoms with Crippen LogP contribution in [0.2, 0.25) is 0 Å². The van der Waals surface area contributed by atoms with Gasteiger partial charge in [0.05, 0.1) is 25.4 Å². The zero-order valence-electron chi connectivity index (χ0n) is 8.92. The maximum Gasteiger partial charge on any atom is 0.194 e. The van der Waals surface area contributed by atoms with Crippen LogP contribution < -0.4 is 0 Å². The molecular formula is C10H16O6. The topological polar surface area (TPSA) is 77.4 Å². The van der Waals surface area contributed by atoms with Crippen molar-refractivity contribution < 1.29 is 29.2 Å². The van der Waals surface area contributed by atoms with Gasteiger partial charge >= 0.3 is 0 Å². The molecule has 0 radical (unpaired) electrons. The van der Waals surface area contributed by atoms with Crippen LogP contribution in [0, 0.1) is 0 Å². The molecule has 3 heterocycles. The summed E-state index contributed by atoms with van der Waals surface area (Å²) >= 11 is 0. The Bertz CT molecular complexity index is 244. The summed E-state index contributed by atoms with van der Waals surface area (Å²) in [4.78, 5) is 0. The average Bonchev–Trinajstić information content (AvgIpc) is 2.79. The van der Waals surface area contributed by atoms with Crippen molar-refractivity contribution in [2.75, 3.05) is 26.4 Å². The normalized spacial score (nSPS) is 52.9. The van der Waals surface area contributed by atoms with E-state index < -0.39 is 23.8 Å². The summed E-state index contributed by atoms with van der Waals surface area (Å²) in [5.41, 5.74) is 0. The van der Waals surface area contributed by atoms with E-state index in [0.29, 0.717) is 12.8 Å². The van der Waals surface area contributed by atoms with E-state index in [0.717, 1.165) is 0 Å². The highest BCUT2D eigenvalue weighted by atomic mass is 16.8. The molecule has 2 spiro atoms. The van der Waals surface area contributed by atoms with Crippen LogP contribution in [0.1, 0.15) is 12.8 Å². The van der Waals surface area contributed by atoms with E-state index in [1.807, 2.05) is 0 Å². The number of ether oxygens (including phenoxy) is 4. The van der Waals surface area contributed by atoms with E-state index in [4.69, 9.17) is 18.9 Å². The fourth-order valence-electron chi connectivity index (χ4n) is 2.42. The molecule has 0 saturated carbocycles. The van der Waals surface area contributed by atoms with Gasteiger partial charge in [0.15, 0.2) is 11.6 Å². The van der Waals surface area contributed by atoms with Gasteiger partial charge in [0, 0.05) is 12.8 Å². The minimum absolute atomic E-state index is 0.233. The highest BCUT2D eigenvalue weighted by Crippen LogP contribution is 2.38. The van der Waals surface area contributed by atoms with Gasteiger partial charge in [0.2, 0.25) is 0 Å². The molecule has 0 bridgehead atoms. The van der Waals surface area contributed by atoms with Crippen LogP contribution in [0.25, 0.3) is 0 Å². The molecule has 16 heavy (non-hydrogen) atoms. The Morgan fingerprint density at radius 3 is 1.44 bits per heavy atom. The largest absolute Gasteiger partial charge is 0.391 e. The Morgan fingerprint density at radius 2 is 1.19 bits per heavy atom. The molecule has 6 nitrogen and oxygen atoms in total. The lowest BCUT2D eigenvalue weighted by Crippen LogP contribution is -2.53. The molecule has 0 amide bonds. The standard InChI is InChI=1S/C10H16O6/c11-7-1-9(13-3-7)5-16-10(6-15-9)2-8(12)4-14-10/h7-8,11-12H,1-6H2/t7-,8-,9-,10+/m1/s1. The first-order valence-electron chi connectivity index (χ1n) is 5.53. The summed E-state index contributed by atoms with van der Waals surface area (Å²) < 4.78 is 22.1. The molecule has 2 N–H and O–H groups in total. The first kappa shape index (κ1) is 10.9. The summed E-state index contributed by atoms with van der Waals surface area (Å²) in [6.07, 6.45) is -0.141. The predicted molar refractivity (Wildman–Crippen MR) is 50.5 cm³/mol. The van der Waals surface area contributed by atoms with E-state index in [-0.39, 0.29) is 26.4 Å². The van der Waals surface area contributed by atoms with Crippen LogP contribution >= 0.6 is 0 Å². The molecule has 6 heteroatoms. The second-order valence-electron chi connectivity index (χ2n) is 4.74. The molecule has 0 unspecified atom stereocenters. The van der Waals surface area contributed by atoms with Crippen molar-refractivity contribution in [1.82, 2.24) is 0 Å². The lowest BCUT2D eigenvalue weighted by molar-refractivity contribution is -0.365. The van der Waals surface area contributed by atoms with Gasteiger partial charge in [0.1, 0.15) is 13.2 Å². The van der Waals surface area contributed by atoms with E-state index in [1.54, 1.807) is 0 Å². The van der Waals surface area contributed by atoms with Crippen LogP contribution in [-0.2, 0) is 18.9 Å². The molecule has 0 aromatic heterocycles. The van der Waals surface area contributed by atoms with Gasteiger partial charge < -0.3 is 29.2 Å². The van der Waals surface area contributed by atoms with E-state index in [2.05, 4.69) is 0 Å². The number of rotatable bonds is 0. The van der Waals surface area contributed by atoms with Crippen molar-refractivity contribution in [3.63, 3.8) is 0 Å². The Balaban J connectivity index is 1.64. The molecule has 0 aromatic rings. The Labute approximate surface area is 93.0 Å². The SMILES string of the molecule is O[C@H]1CO[C@]2(CO[C@]3(CO2)C[C@@H](O)CO3)C1. The van der Waals surface area contributed by atoms with Crippen LogP contribution in [0.15, 0.2) is 0 Å². The van der Waals surface area contributed by atoms with Gasteiger partial charge in [-0.1, -0.05) is 0 Å². The zero-order chi connectivity index (χ0) is 11.2. The molecule has 3 aliphatic heterocycles. The number of hydrogen-bond donors (Lipinski definition) is 2. The lowest BCUT2D eigenvalue weighted by atomic mass is 10.1. The molecular weight excluding hydrogens is 216 g/mol. The second-order valence-corrected chi connectivity index (χ2v) is 4.74. The first-order chi connectivity index (χ1) is 7.62. The van der Waals surface area contributed by atoms with Gasteiger partial charge in [-0.25, -0.2) is 0 Å². The second kappa shape index (κ2) is 3.63. The third-order valence-corrected chi connectivity index (χ3v) is 3.28. The summed E-state index contributed by atoms with van der Waals surface area (Å²) in [5.74, 6) is -1.64. The van der Waals surface area contributed by atoms with Crippen LogP contribution in [0.5, 0.6) is 0 Å². The molecule has 92 valence electrons. The molecule has 3 fully saturated rings. The Morgan fingerprint density at radius 1 is 0.750 bits per heavy atom. The Hall–Kier alpha value is -0.240. The van der Waals surface area contributed by atoms with Crippen molar-refractivity contribution in [3.05, 3.63) is 0 Å². The quantitative estimate of drug-likeness (QED) is 0.557. The molecule has 4 atom stereocenters. The third kappa shape index (κ3) is 1.75. The van der Waals surface area contributed by atoms with Crippen molar-refractivity contribution >= 4 is 0 Å². The van der Waals surface area contributed by atoms with Gasteiger partial charge in [0.25, 0.3) is 0 Å². The fourth-order valence-corrected chi connectivity index (χ4v) is 2.42. The number of hydrogen-bond acceptors (Lipinski definition) is 6. The highest BCUT2D eigenvalue weighted by molar-refractivity contribution is 4.90.